The van der Waals surface area contributed by atoms with E-state index >= 15 is 0 Å². The van der Waals surface area contributed by atoms with E-state index in [0.29, 0.717) is 4.47 Å². The van der Waals surface area contributed by atoms with E-state index in [1.807, 2.05) is 30.3 Å². The Morgan fingerprint density at radius 3 is 2.52 bits per heavy atom. The minimum absolute atomic E-state index is 0.0315. The van der Waals surface area contributed by atoms with Crippen LogP contribution in [-0.2, 0) is 16.6 Å². The zero-order valence-electron chi connectivity index (χ0n) is 11.2. The van der Waals surface area contributed by atoms with E-state index in [4.69, 9.17) is 5.11 Å². The molecule has 0 fully saturated rings. The maximum absolute atomic E-state index is 12.6. The number of hydrogen-bond donors (Lipinski definition) is 1. The number of rotatable bonds is 6. The third-order valence-electron chi connectivity index (χ3n) is 2.87. The second-order valence-corrected chi connectivity index (χ2v) is 7.24. The van der Waals surface area contributed by atoms with Crippen LogP contribution >= 0.6 is 15.9 Å². The lowest BCUT2D eigenvalue weighted by atomic mass is 10.2. The van der Waals surface area contributed by atoms with Gasteiger partial charge in [-0.05, 0) is 27.6 Å². The molecule has 0 radical (unpaired) electrons. The lowest BCUT2D eigenvalue weighted by molar-refractivity contribution is 0.251. The second-order valence-electron chi connectivity index (χ2n) is 4.39. The smallest absolute Gasteiger partial charge is 0.245 e. The molecule has 0 aliphatic heterocycles. The van der Waals surface area contributed by atoms with Crippen LogP contribution in [0.15, 0.2) is 58.2 Å². The summed E-state index contributed by atoms with van der Waals surface area (Å²) in [7, 11) is -3.70. The van der Waals surface area contributed by atoms with E-state index in [0.717, 1.165) is 5.56 Å². The van der Waals surface area contributed by atoms with Crippen molar-refractivity contribution in [3.8, 4) is 0 Å². The van der Waals surface area contributed by atoms with Gasteiger partial charge in [-0.3, -0.25) is 4.98 Å². The van der Waals surface area contributed by atoms with Gasteiger partial charge in [-0.2, -0.15) is 4.31 Å². The Kier molecular flexibility index (Phi) is 5.46. The van der Waals surface area contributed by atoms with Crippen molar-refractivity contribution in [2.24, 2.45) is 0 Å². The van der Waals surface area contributed by atoms with Gasteiger partial charge < -0.3 is 5.11 Å². The fourth-order valence-electron chi connectivity index (χ4n) is 1.87. The molecule has 2 aromatic rings. The molecule has 5 nitrogen and oxygen atoms in total. The van der Waals surface area contributed by atoms with Crippen LogP contribution in [-0.4, -0.2) is 36.0 Å². The average molecular weight is 371 g/mol. The van der Waals surface area contributed by atoms with Crippen molar-refractivity contribution in [1.29, 1.82) is 0 Å². The van der Waals surface area contributed by atoms with Gasteiger partial charge in [-0.1, -0.05) is 30.3 Å². The Bertz CT molecular complexity index is 692. The number of sulfonamides is 1. The number of hydrogen-bond acceptors (Lipinski definition) is 4. The lowest BCUT2D eigenvalue weighted by Gasteiger charge is -2.21. The van der Waals surface area contributed by atoms with Crippen molar-refractivity contribution in [2.75, 3.05) is 13.2 Å². The number of nitrogens with zero attached hydrogens (tertiary/aromatic N) is 2. The van der Waals surface area contributed by atoms with Gasteiger partial charge in [0.25, 0.3) is 0 Å². The molecule has 0 aliphatic rings. The van der Waals surface area contributed by atoms with Crippen molar-refractivity contribution in [3.05, 3.63) is 58.8 Å². The molecule has 1 aromatic heterocycles. The van der Waals surface area contributed by atoms with Crippen molar-refractivity contribution in [1.82, 2.24) is 9.29 Å². The zero-order valence-corrected chi connectivity index (χ0v) is 13.6. The minimum atomic E-state index is -3.70. The largest absolute Gasteiger partial charge is 0.395 e. The Balaban J connectivity index is 2.32. The maximum Gasteiger partial charge on any atom is 0.245 e. The van der Waals surface area contributed by atoms with Crippen LogP contribution in [0, 0.1) is 0 Å². The van der Waals surface area contributed by atoms with Crippen LogP contribution in [0.1, 0.15) is 5.56 Å². The third kappa shape index (κ3) is 4.10. The summed E-state index contributed by atoms with van der Waals surface area (Å²) >= 11 is 3.21. The number of aliphatic hydroxyl groups is 1. The number of halogens is 1. The molecule has 0 amide bonds. The Morgan fingerprint density at radius 1 is 1.19 bits per heavy atom. The Morgan fingerprint density at radius 2 is 1.90 bits per heavy atom. The molecule has 2 rings (SSSR count). The third-order valence-corrected chi connectivity index (χ3v) is 5.11. The first-order valence-electron chi connectivity index (χ1n) is 6.29. The molecule has 0 saturated heterocycles. The van der Waals surface area contributed by atoms with Gasteiger partial charge in [-0.25, -0.2) is 8.42 Å². The first-order valence-corrected chi connectivity index (χ1v) is 8.53. The van der Waals surface area contributed by atoms with Crippen molar-refractivity contribution >= 4 is 26.0 Å². The first kappa shape index (κ1) is 16.1. The number of aromatic nitrogens is 1. The van der Waals surface area contributed by atoms with Crippen LogP contribution in [0.4, 0.5) is 0 Å². The van der Waals surface area contributed by atoms with Gasteiger partial charge in [0.1, 0.15) is 4.90 Å². The molecular formula is C14H15BrN2O3S. The summed E-state index contributed by atoms with van der Waals surface area (Å²) in [5.74, 6) is 0. The number of pyridine rings is 1. The van der Waals surface area contributed by atoms with Gasteiger partial charge in [0.2, 0.25) is 10.0 Å². The van der Waals surface area contributed by atoms with Gasteiger partial charge in [-0.15, -0.1) is 0 Å². The van der Waals surface area contributed by atoms with Crippen molar-refractivity contribution < 1.29 is 13.5 Å². The standard InChI is InChI=1S/C14H15BrN2O3S/c15-13-8-14(10-16-9-13)21(19,20)17(6-7-18)11-12-4-2-1-3-5-12/h1-5,8-10,18H,6-7,11H2. The van der Waals surface area contributed by atoms with Crippen LogP contribution in [0.2, 0.25) is 0 Å². The van der Waals surface area contributed by atoms with Crippen LogP contribution in [0.3, 0.4) is 0 Å². The van der Waals surface area contributed by atoms with Gasteiger partial charge in [0.05, 0.1) is 6.61 Å². The first-order chi connectivity index (χ1) is 10.0. The lowest BCUT2D eigenvalue weighted by Crippen LogP contribution is -2.33. The van der Waals surface area contributed by atoms with Crippen LogP contribution in [0.5, 0.6) is 0 Å². The summed E-state index contributed by atoms with van der Waals surface area (Å²) < 4.78 is 27.1. The van der Waals surface area contributed by atoms with E-state index in [-0.39, 0.29) is 24.6 Å². The number of benzene rings is 1. The molecule has 0 spiro atoms. The van der Waals surface area contributed by atoms with Crippen LogP contribution < -0.4 is 0 Å². The number of aliphatic hydroxyl groups excluding tert-OH is 1. The minimum Gasteiger partial charge on any atom is -0.395 e. The summed E-state index contributed by atoms with van der Waals surface area (Å²) in [5.41, 5.74) is 0.859. The van der Waals surface area contributed by atoms with E-state index < -0.39 is 10.0 Å². The molecular weight excluding hydrogens is 356 g/mol. The SMILES string of the molecule is O=S(=O)(c1cncc(Br)c1)N(CCO)Cc1ccccc1. The highest BCUT2D eigenvalue weighted by Gasteiger charge is 2.24. The summed E-state index contributed by atoms with van der Waals surface area (Å²) in [5, 5.41) is 9.15. The van der Waals surface area contributed by atoms with Crippen molar-refractivity contribution in [2.45, 2.75) is 11.4 Å². The summed E-state index contributed by atoms with van der Waals surface area (Å²) in [6, 6.07) is 10.8. The molecule has 1 N–H and O–H groups in total. The second kappa shape index (κ2) is 7.13. The predicted octanol–water partition coefficient (Wildman–Crippen LogP) is 2.03. The van der Waals surface area contributed by atoms with E-state index in [1.54, 1.807) is 0 Å². The van der Waals surface area contributed by atoms with Crippen LogP contribution in [0.25, 0.3) is 0 Å². The fourth-order valence-corrected chi connectivity index (χ4v) is 3.79. The molecule has 0 atom stereocenters. The van der Waals surface area contributed by atoms with E-state index in [1.165, 1.54) is 22.8 Å². The Labute approximate surface area is 132 Å². The highest BCUT2D eigenvalue weighted by Crippen LogP contribution is 2.20. The maximum atomic E-state index is 12.6. The predicted molar refractivity (Wildman–Crippen MR) is 83.1 cm³/mol. The molecule has 112 valence electrons. The molecule has 21 heavy (non-hydrogen) atoms. The van der Waals surface area contributed by atoms with Gasteiger partial charge in [0.15, 0.2) is 0 Å². The summed E-state index contributed by atoms with van der Waals surface area (Å²) in [6.07, 6.45) is 2.82. The molecule has 1 aromatic carbocycles. The molecule has 0 unspecified atom stereocenters. The van der Waals surface area contributed by atoms with E-state index in [9.17, 15) is 8.42 Å². The fraction of sp³-hybridized carbons (Fsp3) is 0.214. The monoisotopic (exact) mass is 370 g/mol. The van der Waals surface area contributed by atoms with Crippen molar-refractivity contribution in [3.63, 3.8) is 0 Å². The molecule has 0 bridgehead atoms. The highest BCUT2D eigenvalue weighted by atomic mass is 79.9. The molecule has 1 heterocycles. The molecule has 7 heteroatoms. The summed E-state index contributed by atoms with van der Waals surface area (Å²) in [6.45, 7) is -0.00647. The highest BCUT2D eigenvalue weighted by molar-refractivity contribution is 9.10. The molecule has 0 saturated carbocycles. The normalized spacial score (nSPS) is 11.8. The van der Waals surface area contributed by atoms with E-state index in [2.05, 4.69) is 20.9 Å². The average Bonchev–Trinajstić information content (AvgIpc) is 2.48. The quantitative estimate of drug-likeness (QED) is 0.844. The van der Waals surface area contributed by atoms with Gasteiger partial charge in [0, 0.05) is 30.0 Å². The zero-order chi connectivity index (χ0) is 15.3. The Hall–Kier alpha value is -1.28. The summed E-state index contributed by atoms with van der Waals surface area (Å²) in [4.78, 5) is 3.98. The van der Waals surface area contributed by atoms with Gasteiger partial charge >= 0.3 is 0 Å². The topological polar surface area (TPSA) is 70.5 Å². The molecule has 0 aliphatic carbocycles.